The van der Waals surface area contributed by atoms with Crippen LogP contribution in [0.5, 0.6) is 0 Å². The molecule has 2 aromatic carbocycles. The summed E-state index contributed by atoms with van der Waals surface area (Å²) in [6, 6.07) is 14.4. The third-order valence-electron chi connectivity index (χ3n) is 4.24. The molecule has 0 spiro atoms. The fourth-order valence-corrected chi connectivity index (χ4v) is 2.88. The van der Waals surface area contributed by atoms with Gasteiger partial charge in [-0.05, 0) is 61.2 Å². The lowest BCUT2D eigenvalue weighted by Gasteiger charge is -2.12. The zero-order valence-corrected chi connectivity index (χ0v) is 13.5. The molecule has 2 heterocycles. The zero-order chi connectivity index (χ0) is 16.5. The van der Waals surface area contributed by atoms with E-state index in [-0.39, 0.29) is 0 Å². The number of hydrogen-bond acceptors (Lipinski definition) is 5. The molecule has 0 saturated heterocycles. The molecular weight excluding hydrogens is 298 g/mol. The van der Waals surface area contributed by atoms with Crippen LogP contribution in [0.2, 0.25) is 0 Å². The van der Waals surface area contributed by atoms with Crippen LogP contribution < -0.4 is 16.4 Å². The van der Waals surface area contributed by atoms with Crippen LogP contribution in [-0.4, -0.2) is 9.97 Å². The smallest absolute Gasteiger partial charge is 0.229 e. The van der Waals surface area contributed by atoms with Crippen molar-refractivity contribution in [2.75, 3.05) is 16.4 Å². The summed E-state index contributed by atoms with van der Waals surface area (Å²) in [5, 5.41) is 6.66. The largest absolute Gasteiger partial charge is 0.399 e. The normalized spacial score (nSPS) is 12.9. The van der Waals surface area contributed by atoms with Gasteiger partial charge in [0.1, 0.15) is 5.82 Å². The van der Waals surface area contributed by atoms with Gasteiger partial charge in [0.2, 0.25) is 5.95 Å². The molecule has 3 aromatic rings. The lowest BCUT2D eigenvalue weighted by atomic mass is 10.0. The van der Waals surface area contributed by atoms with E-state index in [1.54, 1.807) is 0 Å². The SMILES string of the molecule is Cc1cnc2nc1Nc1ccc(N)c(c1)CCc1cccc(c1)N2. The Kier molecular flexibility index (Phi) is 3.54. The molecule has 0 fully saturated rings. The van der Waals surface area contributed by atoms with Crippen LogP contribution in [0.1, 0.15) is 16.7 Å². The Labute approximate surface area is 141 Å². The maximum absolute atomic E-state index is 6.15. The first-order chi connectivity index (χ1) is 11.7. The molecule has 4 rings (SSSR count). The van der Waals surface area contributed by atoms with E-state index in [9.17, 15) is 0 Å². The van der Waals surface area contributed by atoms with Gasteiger partial charge in [0.15, 0.2) is 0 Å². The maximum atomic E-state index is 6.15. The number of hydrogen-bond donors (Lipinski definition) is 3. The van der Waals surface area contributed by atoms with Gasteiger partial charge in [-0.3, -0.25) is 0 Å². The second-order valence-corrected chi connectivity index (χ2v) is 6.09. The Morgan fingerprint density at radius 2 is 1.88 bits per heavy atom. The lowest BCUT2D eigenvalue weighted by molar-refractivity contribution is 0.964. The van der Waals surface area contributed by atoms with Crippen molar-refractivity contribution in [3.63, 3.8) is 0 Å². The minimum absolute atomic E-state index is 0.579. The zero-order valence-electron chi connectivity index (χ0n) is 13.5. The average molecular weight is 317 g/mol. The van der Waals surface area contributed by atoms with Gasteiger partial charge in [-0.2, -0.15) is 4.98 Å². The van der Waals surface area contributed by atoms with Crippen LogP contribution >= 0.6 is 0 Å². The van der Waals surface area contributed by atoms with Gasteiger partial charge in [-0.15, -0.1) is 0 Å². The second kappa shape index (κ2) is 5.85. The molecule has 1 aliphatic rings. The van der Waals surface area contributed by atoms with E-state index in [1.165, 1.54) is 5.56 Å². The van der Waals surface area contributed by atoms with E-state index in [1.807, 2.05) is 37.4 Å². The predicted molar refractivity (Wildman–Crippen MR) is 98.0 cm³/mol. The van der Waals surface area contributed by atoms with Crippen molar-refractivity contribution >= 4 is 28.8 Å². The van der Waals surface area contributed by atoms with Crippen molar-refractivity contribution in [1.29, 1.82) is 0 Å². The third kappa shape index (κ3) is 2.88. The van der Waals surface area contributed by atoms with Crippen molar-refractivity contribution in [1.82, 2.24) is 9.97 Å². The molecule has 24 heavy (non-hydrogen) atoms. The van der Waals surface area contributed by atoms with E-state index in [0.29, 0.717) is 5.95 Å². The molecule has 5 nitrogen and oxygen atoms in total. The molecule has 120 valence electrons. The monoisotopic (exact) mass is 317 g/mol. The van der Waals surface area contributed by atoms with E-state index < -0.39 is 0 Å². The second-order valence-electron chi connectivity index (χ2n) is 6.09. The lowest BCUT2D eigenvalue weighted by Crippen LogP contribution is -2.03. The van der Waals surface area contributed by atoms with Crippen LogP contribution in [0.3, 0.4) is 0 Å². The van der Waals surface area contributed by atoms with Crippen LogP contribution in [0.4, 0.5) is 28.8 Å². The summed E-state index contributed by atoms with van der Waals surface area (Å²) >= 11 is 0. The molecule has 0 atom stereocenters. The Balaban J connectivity index is 1.84. The molecule has 0 unspecified atom stereocenters. The topological polar surface area (TPSA) is 75.9 Å². The maximum Gasteiger partial charge on any atom is 0.229 e. The molecule has 1 aromatic heterocycles. The molecule has 1 aliphatic heterocycles. The summed E-state index contributed by atoms with van der Waals surface area (Å²) in [5.41, 5.74) is 12.3. The summed E-state index contributed by atoms with van der Waals surface area (Å²) in [6.45, 7) is 1.99. The highest BCUT2D eigenvalue weighted by Gasteiger charge is 2.09. The molecule has 0 saturated carbocycles. The quantitative estimate of drug-likeness (QED) is 0.547. The number of rotatable bonds is 0. The van der Waals surface area contributed by atoms with E-state index in [0.717, 1.165) is 46.8 Å². The van der Waals surface area contributed by atoms with Crippen molar-refractivity contribution in [2.45, 2.75) is 19.8 Å². The van der Waals surface area contributed by atoms with Gasteiger partial charge in [0.25, 0.3) is 0 Å². The minimum Gasteiger partial charge on any atom is -0.399 e. The molecule has 4 N–H and O–H groups in total. The highest BCUT2D eigenvalue weighted by Crippen LogP contribution is 2.26. The first-order valence-corrected chi connectivity index (χ1v) is 8.02. The van der Waals surface area contributed by atoms with Crippen LogP contribution in [0.15, 0.2) is 48.7 Å². The number of nitrogens with two attached hydrogens (primary N) is 1. The molecule has 0 aliphatic carbocycles. The number of aryl methyl sites for hydroxylation is 3. The average Bonchev–Trinajstić information content (AvgIpc) is 2.58. The molecule has 0 amide bonds. The van der Waals surface area contributed by atoms with Crippen LogP contribution in [-0.2, 0) is 12.8 Å². The number of nitrogens with zero attached hydrogens (tertiary/aromatic N) is 2. The van der Waals surface area contributed by atoms with Crippen LogP contribution in [0, 0.1) is 6.92 Å². The number of fused-ring (bicyclic) bond motifs is 6. The van der Waals surface area contributed by atoms with E-state index in [4.69, 9.17) is 5.73 Å². The van der Waals surface area contributed by atoms with Gasteiger partial charge in [-0.25, -0.2) is 4.98 Å². The Morgan fingerprint density at radius 3 is 2.79 bits per heavy atom. The highest BCUT2D eigenvalue weighted by molar-refractivity contribution is 5.66. The van der Waals surface area contributed by atoms with Crippen molar-refractivity contribution < 1.29 is 0 Å². The molecule has 5 heteroatoms. The van der Waals surface area contributed by atoms with Crippen molar-refractivity contribution in [3.8, 4) is 0 Å². The fraction of sp³-hybridized carbons (Fsp3) is 0.158. The minimum atomic E-state index is 0.579. The van der Waals surface area contributed by atoms with Crippen molar-refractivity contribution in [2.24, 2.45) is 0 Å². The standard InChI is InChI=1S/C19H19N5/c1-12-11-21-19-23-15-4-2-3-13(9-15)5-6-14-10-16(7-8-17(14)20)22-18(12)24-19/h2-4,7-11H,5-6,20H2,1H3,(H2,21,22,23,24). The Hall–Kier alpha value is -3.08. The van der Waals surface area contributed by atoms with Crippen LogP contribution in [0.25, 0.3) is 0 Å². The third-order valence-corrected chi connectivity index (χ3v) is 4.24. The first kappa shape index (κ1) is 14.5. The molecular formula is C19H19N5. The number of nitrogen functional groups attached to an aromatic ring is 1. The van der Waals surface area contributed by atoms with Gasteiger partial charge in [0.05, 0.1) is 0 Å². The van der Waals surface area contributed by atoms with E-state index >= 15 is 0 Å². The van der Waals surface area contributed by atoms with E-state index in [2.05, 4.69) is 38.8 Å². The number of aromatic nitrogens is 2. The molecule has 0 radical (unpaired) electrons. The van der Waals surface area contributed by atoms with Gasteiger partial charge in [0, 0.05) is 28.8 Å². The summed E-state index contributed by atoms with van der Waals surface area (Å²) in [7, 11) is 0. The summed E-state index contributed by atoms with van der Waals surface area (Å²) in [6.07, 6.45) is 3.65. The summed E-state index contributed by atoms with van der Waals surface area (Å²) in [4.78, 5) is 8.98. The number of nitrogens with one attached hydrogen (secondary N) is 2. The van der Waals surface area contributed by atoms with Gasteiger partial charge in [-0.1, -0.05) is 12.1 Å². The van der Waals surface area contributed by atoms with Crippen molar-refractivity contribution in [3.05, 3.63) is 65.4 Å². The van der Waals surface area contributed by atoms with Gasteiger partial charge >= 0.3 is 0 Å². The summed E-state index contributed by atoms with van der Waals surface area (Å²) in [5.74, 6) is 1.37. The summed E-state index contributed by atoms with van der Waals surface area (Å²) < 4.78 is 0. The first-order valence-electron chi connectivity index (χ1n) is 8.02. The number of benzene rings is 2. The highest BCUT2D eigenvalue weighted by atomic mass is 15.1. The Morgan fingerprint density at radius 1 is 1.00 bits per heavy atom. The van der Waals surface area contributed by atoms with Gasteiger partial charge < -0.3 is 16.4 Å². The Bertz CT molecular complexity index is 904. The number of anilines is 5. The fourth-order valence-electron chi connectivity index (χ4n) is 2.88. The predicted octanol–water partition coefficient (Wildman–Crippen LogP) is 3.95. The molecule has 6 bridgehead atoms.